The summed E-state index contributed by atoms with van der Waals surface area (Å²) in [4.78, 5) is 24.7. The third-order valence-corrected chi connectivity index (χ3v) is 4.82. The SMILES string of the molecule is Cc1cc(C(=O)COC(=O)c2cccc[n+]2[O-])c(C)n1[C@@H](C)c1ccccc1. The number of aryl methyl sites for hydroxylation is 1. The molecule has 2 aromatic heterocycles. The molecule has 0 amide bonds. The molecule has 0 fully saturated rings. The summed E-state index contributed by atoms with van der Waals surface area (Å²) in [6.07, 6.45) is 1.21. The zero-order valence-electron chi connectivity index (χ0n) is 16.1. The molecule has 0 aliphatic rings. The number of esters is 1. The van der Waals surface area contributed by atoms with Crippen LogP contribution in [0, 0.1) is 19.1 Å². The molecule has 0 unspecified atom stereocenters. The normalized spacial score (nSPS) is 11.8. The molecule has 144 valence electrons. The van der Waals surface area contributed by atoms with Crippen LogP contribution in [0.3, 0.4) is 0 Å². The lowest BCUT2D eigenvalue weighted by molar-refractivity contribution is -0.608. The minimum Gasteiger partial charge on any atom is -0.618 e. The van der Waals surface area contributed by atoms with Crippen molar-refractivity contribution in [1.82, 2.24) is 4.57 Å². The van der Waals surface area contributed by atoms with Crippen molar-refractivity contribution in [2.45, 2.75) is 26.8 Å². The van der Waals surface area contributed by atoms with Gasteiger partial charge in [0.25, 0.3) is 0 Å². The molecule has 0 radical (unpaired) electrons. The van der Waals surface area contributed by atoms with Gasteiger partial charge in [0.05, 0.1) is 6.04 Å². The molecule has 1 aromatic carbocycles. The minimum atomic E-state index is -0.824. The van der Waals surface area contributed by atoms with Crippen LogP contribution in [0.1, 0.15) is 50.8 Å². The molecule has 28 heavy (non-hydrogen) atoms. The van der Waals surface area contributed by atoms with Crippen molar-refractivity contribution in [3.63, 3.8) is 0 Å². The van der Waals surface area contributed by atoms with Gasteiger partial charge in [0.2, 0.25) is 5.78 Å². The van der Waals surface area contributed by atoms with E-state index < -0.39 is 12.6 Å². The molecule has 1 atom stereocenters. The predicted molar refractivity (Wildman–Crippen MR) is 104 cm³/mol. The number of ketones is 1. The van der Waals surface area contributed by atoms with E-state index in [0.717, 1.165) is 17.0 Å². The van der Waals surface area contributed by atoms with E-state index in [1.165, 1.54) is 18.3 Å². The van der Waals surface area contributed by atoms with Crippen molar-refractivity contribution in [2.24, 2.45) is 0 Å². The van der Waals surface area contributed by atoms with E-state index in [1.54, 1.807) is 12.1 Å². The van der Waals surface area contributed by atoms with Crippen LogP contribution in [0.5, 0.6) is 0 Å². The highest BCUT2D eigenvalue weighted by molar-refractivity contribution is 6.00. The molecule has 2 heterocycles. The second-order valence-electron chi connectivity index (χ2n) is 6.65. The molecular formula is C22H22N2O4. The lowest BCUT2D eigenvalue weighted by Crippen LogP contribution is -2.35. The van der Waals surface area contributed by atoms with Crippen LogP contribution in [0.2, 0.25) is 0 Å². The first-order valence-electron chi connectivity index (χ1n) is 9.02. The number of carbonyl (C=O) groups excluding carboxylic acids is 2. The predicted octanol–water partition coefficient (Wildman–Crippen LogP) is 3.39. The van der Waals surface area contributed by atoms with Gasteiger partial charge in [0, 0.05) is 29.1 Å². The van der Waals surface area contributed by atoms with E-state index in [0.29, 0.717) is 10.3 Å². The average Bonchev–Trinajstić information content (AvgIpc) is 3.00. The number of hydrogen-bond donors (Lipinski definition) is 0. The molecule has 0 aliphatic carbocycles. The van der Waals surface area contributed by atoms with Gasteiger partial charge in [-0.05, 0) is 38.5 Å². The highest BCUT2D eigenvalue weighted by Crippen LogP contribution is 2.25. The second-order valence-corrected chi connectivity index (χ2v) is 6.65. The molecule has 0 aliphatic heterocycles. The highest BCUT2D eigenvalue weighted by atomic mass is 16.5. The fourth-order valence-electron chi connectivity index (χ4n) is 3.41. The molecule has 0 N–H and O–H groups in total. The zero-order chi connectivity index (χ0) is 20.3. The van der Waals surface area contributed by atoms with Gasteiger partial charge in [-0.15, -0.1) is 0 Å². The largest absolute Gasteiger partial charge is 0.618 e. The summed E-state index contributed by atoms with van der Waals surface area (Å²) < 4.78 is 7.56. The summed E-state index contributed by atoms with van der Waals surface area (Å²) in [5.74, 6) is -1.13. The Morgan fingerprint density at radius 1 is 1.11 bits per heavy atom. The maximum Gasteiger partial charge on any atom is 0.405 e. The van der Waals surface area contributed by atoms with Gasteiger partial charge in [0.15, 0.2) is 12.8 Å². The van der Waals surface area contributed by atoms with Gasteiger partial charge in [-0.25, -0.2) is 4.79 Å². The van der Waals surface area contributed by atoms with Crippen LogP contribution in [-0.4, -0.2) is 22.9 Å². The lowest BCUT2D eigenvalue weighted by atomic mass is 10.1. The summed E-state index contributed by atoms with van der Waals surface area (Å²) in [7, 11) is 0. The zero-order valence-corrected chi connectivity index (χ0v) is 16.1. The summed E-state index contributed by atoms with van der Waals surface area (Å²) >= 11 is 0. The topological polar surface area (TPSA) is 75.2 Å². The van der Waals surface area contributed by atoms with Crippen molar-refractivity contribution in [3.8, 4) is 0 Å². The maximum atomic E-state index is 12.6. The minimum absolute atomic E-state index is 0.0639. The van der Waals surface area contributed by atoms with Crippen LogP contribution in [-0.2, 0) is 4.74 Å². The fraction of sp³-hybridized carbons (Fsp3) is 0.227. The quantitative estimate of drug-likeness (QED) is 0.285. The molecule has 0 bridgehead atoms. The van der Waals surface area contributed by atoms with Gasteiger partial charge < -0.3 is 14.5 Å². The van der Waals surface area contributed by atoms with Crippen LogP contribution in [0.15, 0.2) is 60.8 Å². The Labute approximate surface area is 163 Å². The molecular weight excluding hydrogens is 356 g/mol. The smallest absolute Gasteiger partial charge is 0.405 e. The van der Waals surface area contributed by atoms with E-state index in [2.05, 4.69) is 11.5 Å². The van der Waals surface area contributed by atoms with Gasteiger partial charge in [-0.1, -0.05) is 30.3 Å². The van der Waals surface area contributed by atoms with Crippen LogP contribution < -0.4 is 4.73 Å². The van der Waals surface area contributed by atoms with Crippen LogP contribution in [0.4, 0.5) is 0 Å². The average molecular weight is 378 g/mol. The third kappa shape index (κ3) is 3.81. The van der Waals surface area contributed by atoms with E-state index in [1.807, 2.05) is 44.2 Å². The molecule has 3 rings (SSSR count). The van der Waals surface area contributed by atoms with Crippen LogP contribution >= 0.6 is 0 Å². The number of nitrogens with zero attached hydrogens (tertiary/aromatic N) is 2. The Balaban J connectivity index is 1.76. The summed E-state index contributed by atoms with van der Waals surface area (Å²) in [6, 6.07) is 16.3. The van der Waals surface area contributed by atoms with E-state index >= 15 is 0 Å². The van der Waals surface area contributed by atoms with E-state index in [9.17, 15) is 14.8 Å². The molecule has 6 heteroatoms. The highest BCUT2D eigenvalue weighted by Gasteiger charge is 2.22. The van der Waals surface area contributed by atoms with Gasteiger partial charge in [-0.2, -0.15) is 4.73 Å². The van der Waals surface area contributed by atoms with Crippen molar-refractivity contribution in [3.05, 3.63) is 94.2 Å². The Kier molecular flexibility index (Phi) is 5.59. The summed E-state index contributed by atoms with van der Waals surface area (Å²) in [5.41, 5.74) is 3.26. The summed E-state index contributed by atoms with van der Waals surface area (Å²) in [6.45, 7) is 5.48. The summed E-state index contributed by atoms with van der Waals surface area (Å²) in [5, 5.41) is 11.6. The van der Waals surface area contributed by atoms with Gasteiger partial charge in [0.1, 0.15) is 0 Å². The number of Topliss-reactive ketones (excluding diaryl/α,β-unsaturated/α-hetero) is 1. The lowest BCUT2D eigenvalue weighted by Gasteiger charge is -2.19. The maximum absolute atomic E-state index is 12.6. The number of pyridine rings is 1. The standard InChI is InChI=1S/C22H22N2O4/c1-15-13-19(17(3)24(15)16(2)18-9-5-4-6-10-18)21(25)14-28-22(26)20-11-7-8-12-23(20)27/h4-13,16H,14H2,1-3H3/t16-/m0/s1. The first-order chi connectivity index (χ1) is 13.4. The van der Waals surface area contributed by atoms with Gasteiger partial charge >= 0.3 is 11.7 Å². The first kappa shape index (κ1) is 19.4. The Hall–Kier alpha value is -3.41. The van der Waals surface area contributed by atoms with Crippen molar-refractivity contribution < 1.29 is 19.1 Å². The first-order valence-corrected chi connectivity index (χ1v) is 9.02. The van der Waals surface area contributed by atoms with Crippen molar-refractivity contribution >= 4 is 11.8 Å². The van der Waals surface area contributed by atoms with Crippen molar-refractivity contribution in [1.29, 1.82) is 0 Å². The van der Waals surface area contributed by atoms with Crippen LogP contribution in [0.25, 0.3) is 0 Å². The Bertz CT molecular complexity index is 1010. The molecule has 0 spiro atoms. The van der Waals surface area contributed by atoms with E-state index in [4.69, 9.17) is 4.74 Å². The Morgan fingerprint density at radius 2 is 1.79 bits per heavy atom. The number of benzene rings is 1. The van der Waals surface area contributed by atoms with E-state index in [-0.39, 0.29) is 17.5 Å². The molecule has 0 saturated carbocycles. The second kappa shape index (κ2) is 8.08. The van der Waals surface area contributed by atoms with Gasteiger partial charge in [-0.3, -0.25) is 4.79 Å². The monoisotopic (exact) mass is 378 g/mol. The number of rotatable bonds is 6. The number of aromatic nitrogens is 2. The number of ether oxygens (including phenoxy) is 1. The fourth-order valence-corrected chi connectivity index (χ4v) is 3.41. The third-order valence-electron chi connectivity index (χ3n) is 4.82. The number of hydrogen-bond acceptors (Lipinski definition) is 4. The number of carbonyl (C=O) groups is 2. The molecule has 6 nitrogen and oxygen atoms in total. The molecule has 3 aromatic rings. The Morgan fingerprint density at radius 3 is 2.46 bits per heavy atom. The van der Waals surface area contributed by atoms with Crippen molar-refractivity contribution in [2.75, 3.05) is 6.61 Å². The molecule has 0 saturated heterocycles.